The molecule has 1 rings (SSSR count). The van der Waals surface area contributed by atoms with E-state index in [-0.39, 0.29) is 11.8 Å². The van der Waals surface area contributed by atoms with Gasteiger partial charge >= 0.3 is 0 Å². The van der Waals surface area contributed by atoms with Crippen molar-refractivity contribution in [3.05, 3.63) is 17.8 Å². The van der Waals surface area contributed by atoms with Gasteiger partial charge in [-0.15, -0.1) is 0 Å². The number of primary amides is 1. The Morgan fingerprint density at radius 3 is 3.00 bits per heavy atom. The van der Waals surface area contributed by atoms with Crippen LogP contribution in [0.25, 0.3) is 0 Å². The third-order valence-electron chi connectivity index (χ3n) is 1.88. The zero-order valence-corrected chi connectivity index (χ0v) is 8.41. The van der Waals surface area contributed by atoms with Crippen LogP contribution in [0, 0.1) is 12.8 Å². The standard InChI is InChI=1S/C9H15N3O2/c1-6(9(10)13)3-11-5-8-12-4-7(2)14-8/h4,6,11H,3,5H2,1-2H3,(H2,10,13). The summed E-state index contributed by atoms with van der Waals surface area (Å²) >= 11 is 0. The molecule has 14 heavy (non-hydrogen) atoms. The number of nitrogens with zero attached hydrogens (tertiary/aromatic N) is 1. The second-order valence-corrected chi connectivity index (χ2v) is 3.30. The molecule has 1 unspecified atom stereocenters. The third kappa shape index (κ3) is 3.18. The fourth-order valence-corrected chi connectivity index (χ4v) is 0.979. The Morgan fingerprint density at radius 2 is 2.50 bits per heavy atom. The van der Waals surface area contributed by atoms with Gasteiger partial charge in [0.15, 0.2) is 0 Å². The fourth-order valence-electron chi connectivity index (χ4n) is 0.979. The smallest absolute Gasteiger partial charge is 0.221 e. The van der Waals surface area contributed by atoms with Gasteiger partial charge in [-0.25, -0.2) is 4.98 Å². The third-order valence-corrected chi connectivity index (χ3v) is 1.88. The lowest BCUT2D eigenvalue weighted by Gasteiger charge is -2.06. The van der Waals surface area contributed by atoms with Gasteiger partial charge in [-0.1, -0.05) is 6.92 Å². The molecular weight excluding hydrogens is 182 g/mol. The summed E-state index contributed by atoms with van der Waals surface area (Å²) in [7, 11) is 0. The Morgan fingerprint density at radius 1 is 1.79 bits per heavy atom. The van der Waals surface area contributed by atoms with Crippen molar-refractivity contribution in [2.75, 3.05) is 6.54 Å². The number of oxazole rings is 1. The topological polar surface area (TPSA) is 81.1 Å². The first-order valence-electron chi connectivity index (χ1n) is 4.51. The summed E-state index contributed by atoms with van der Waals surface area (Å²) in [5, 5.41) is 3.04. The molecule has 0 radical (unpaired) electrons. The highest BCUT2D eigenvalue weighted by Crippen LogP contribution is 2.00. The summed E-state index contributed by atoms with van der Waals surface area (Å²) < 4.78 is 5.24. The molecule has 1 heterocycles. The number of aromatic nitrogens is 1. The van der Waals surface area contributed by atoms with E-state index < -0.39 is 0 Å². The van der Waals surface area contributed by atoms with Crippen molar-refractivity contribution < 1.29 is 9.21 Å². The van der Waals surface area contributed by atoms with Gasteiger partial charge in [-0.2, -0.15) is 0 Å². The van der Waals surface area contributed by atoms with Crippen molar-refractivity contribution in [2.24, 2.45) is 11.7 Å². The zero-order valence-electron chi connectivity index (χ0n) is 8.41. The second-order valence-electron chi connectivity index (χ2n) is 3.30. The van der Waals surface area contributed by atoms with Gasteiger partial charge in [0.2, 0.25) is 11.8 Å². The molecule has 0 spiro atoms. The summed E-state index contributed by atoms with van der Waals surface area (Å²) in [5.41, 5.74) is 5.10. The van der Waals surface area contributed by atoms with Crippen molar-refractivity contribution in [3.63, 3.8) is 0 Å². The number of carbonyl (C=O) groups excluding carboxylic acids is 1. The van der Waals surface area contributed by atoms with Gasteiger partial charge in [0.25, 0.3) is 0 Å². The van der Waals surface area contributed by atoms with E-state index in [4.69, 9.17) is 10.2 Å². The van der Waals surface area contributed by atoms with Gasteiger partial charge < -0.3 is 15.5 Å². The van der Waals surface area contributed by atoms with Crippen LogP contribution in [0.2, 0.25) is 0 Å². The molecule has 0 aromatic carbocycles. The molecular formula is C9H15N3O2. The predicted molar refractivity (Wildman–Crippen MR) is 51.3 cm³/mol. The highest BCUT2D eigenvalue weighted by molar-refractivity contribution is 5.76. The minimum Gasteiger partial charge on any atom is -0.445 e. The monoisotopic (exact) mass is 197 g/mol. The molecule has 5 heteroatoms. The first kappa shape index (κ1) is 10.7. The quantitative estimate of drug-likeness (QED) is 0.706. The molecule has 0 aliphatic heterocycles. The van der Waals surface area contributed by atoms with Crippen molar-refractivity contribution in [1.29, 1.82) is 0 Å². The number of aryl methyl sites for hydroxylation is 1. The average molecular weight is 197 g/mol. The SMILES string of the molecule is Cc1cnc(CNCC(C)C(N)=O)o1. The number of carbonyl (C=O) groups is 1. The Labute approximate surface area is 82.7 Å². The molecule has 78 valence electrons. The minimum absolute atomic E-state index is 0.175. The maximum absolute atomic E-state index is 10.7. The van der Waals surface area contributed by atoms with Crippen molar-refractivity contribution >= 4 is 5.91 Å². The van der Waals surface area contributed by atoms with Crippen LogP contribution < -0.4 is 11.1 Å². The van der Waals surface area contributed by atoms with Crippen LogP contribution in [0.5, 0.6) is 0 Å². The molecule has 0 bridgehead atoms. The van der Waals surface area contributed by atoms with Crippen molar-refractivity contribution in [2.45, 2.75) is 20.4 Å². The van der Waals surface area contributed by atoms with Crippen LogP contribution in [0.15, 0.2) is 10.6 Å². The second kappa shape index (κ2) is 4.76. The molecule has 1 amide bonds. The summed E-state index contributed by atoms with van der Waals surface area (Å²) in [6.45, 7) is 4.67. The van der Waals surface area contributed by atoms with Gasteiger partial charge in [-0.05, 0) is 6.92 Å². The highest BCUT2D eigenvalue weighted by Gasteiger charge is 2.08. The number of hydrogen-bond donors (Lipinski definition) is 2. The van der Waals surface area contributed by atoms with Crippen LogP contribution >= 0.6 is 0 Å². The van der Waals surface area contributed by atoms with E-state index in [1.165, 1.54) is 0 Å². The first-order valence-corrected chi connectivity index (χ1v) is 4.51. The van der Waals surface area contributed by atoms with Crippen molar-refractivity contribution in [1.82, 2.24) is 10.3 Å². The van der Waals surface area contributed by atoms with E-state index in [2.05, 4.69) is 10.3 Å². The number of hydrogen-bond acceptors (Lipinski definition) is 4. The predicted octanol–water partition coefficient (Wildman–Crippen LogP) is 0.194. The maximum Gasteiger partial charge on any atom is 0.221 e. The van der Waals surface area contributed by atoms with Crippen molar-refractivity contribution in [3.8, 4) is 0 Å². The fraction of sp³-hybridized carbons (Fsp3) is 0.556. The summed E-state index contributed by atoms with van der Waals surface area (Å²) in [6.07, 6.45) is 1.66. The molecule has 3 N–H and O–H groups in total. The Balaban J connectivity index is 2.25. The molecule has 1 atom stereocenters. The summed E-state index contributed by atoms with van der Waals surface area (Å²) in [6, 6.07) is 0. The summed E-state index contributed by atoms with van der Waals surface area (Å²) in [5.74, 6) is 0.927. The van der Waals surface area contributed by atoms with Gasteiger partial charge in [0.1, 0.15) is 5.76 Å². The molecule has 1 aromatic heterocycles. The lowest BCUT2D eigenvalue weighted by Crippen LogP contribution is -2.30. The van der Waals surface area contributed by atoms with E-state index >= 15 is 0 Å². The normalized spacial score (nSPS) is 12.7. The van der Waals surface area contributed by atoms with Crippen LogP contribution in [-0.4, -0.2) is 17.4 Å². The van der Waals surface area contributed by atoms with E-state index in [0.717, 1.165) is 5.76 Å². The molecule has 0 fully saturated rings. The first-order chi connectivity index (χ1) is 6.59. The number of amides is 1. The minimum atomic E-state index is -0.305. The van der Waals surface area contributed by atoms with E-state index in [1.54, 1.807) is 13.1 Å². The van der Waals surface area contributed by atoms with Gasteiger partial charge in [0.05, 0.1) is 12.7 Å². The lowest BCUT2D eigenvalue weighted by atomic mass is 10.2. The van der Waals surface area contributed by atoms with Crippen LogP contribution in [0.4, 0.5) is 0 Å². The zero-order chi connectivity index (χ0) is 10.6. The van der Waals surface area contributed by atoms with Crippen LogP contribution in [-0.2, 0) is 11.3 Å². The molecule has 1 aromatic rings. The molecule has 0 aliphatic carbocycles. The highest BCUT2D eigenvalue weighted by atomic mass is 16.4. The average Bonchev–Trinajstić information content (AvgIpc) is 2.51. The van der Waals surface area contributed by atoms with E-state index in [1.807, 2.05) is 6.92 Å². The Bertz CT molecular complexity index is 309. The van der Waals surface area contributed by atoms with E-state index in [0.29, 0.717) is 19.0 Å². The molecule has 0 aliphatic rings. The molecule has 0 saturated heterocycles. The lowest BCUT2D eigenvalue weighted by molar-refractivity contribution is -0.121. The number of nitrogens with one attached hydrogen (secondary N) is 1. The largest absolute Gasteiger partial charge is 0.445 e. The summed E-state index contributed by atoms with van der Waals surface area (Å²) in [4.78, 5) is 14.7. The van der Waals surface area contributed by atoms with Crippen LogP contribution in [0.1, 0.15) is 18.6 Å². The van der Waals surface area contributed by atoms with E-state index in [9.17, 15) is 4.79 Å². The van der Waals surface area contributed by atoms with Crippen LogP contribution in [0.3, 0.4) is 0 Å². The maximum atomic E-state index is 10.7. The molecule has 0 saturated carbocycles. The van der Waals surface area contributed by atoms with Gasteiger partial charge in [0, 0.05) is 12.5 Å². The van der Waals surface area contributed by atoms with Gasteiger partial charge in [-0.3, -0.25) is 4.79 Å². The number of nitrogens with two attached hydrogens (primary N) is 1. The number of rotatable bonds is 5. The Kier molecular flexibility index (Phi) is 3.64. The molecule has 5 nitrogen and oxygen atoms in total. The Hall–Kier alpha value is -1.36.